The van der Waals surface area contributed by atoms with Crippen LogP contribution in [0.2, 0.25) is 0 Å². The summed E-state index contributed by atoms with van der Waals surface area (Å²) in [4.78, 5) is 21.2. The summed E-state index contributed by atoms with van der Waals surface area (Å²) in [5.41, 5.74) is 7.05. The molecule has 9 nitrogen and oxygen atoms in total. The molecule has 0 aliphatic carbocycles. The molecule has 0 aromatic carbocycles. The smallest absolute Gasteiger partial charge is 0.244 e. The molecule has 0 bridgehead atoms. The zero-order valence-electron chi connectivity index (χ0n) is 17.7. The molecular formula is C23H23N7O2. The van der Waals surface area contributed by atoms with E-state index in [4.69, 9.17) is 15.2 Å². The van der Waals surface area contributed by atoms with E-state index in [1.165, 1.54) is 12.4 Å². The van der Waals surface area contributed by atoms with Gasteiger partial charge in [-0.2, -0.15) is 10.2 Å². The molecule has 0 spiro atoms. The van der Waals surface area contributed by atoms with Crippen molar-refractivity contribution >= 4 is 17.6 Å². The zero-order valence-corrected chi connectivity index (χ0v) is 17.7. The first kappa shape index (κ1) is 20.1. The van der Waals surface area contributed by atoms with Gasteiger partial charge >= 0.3 is 0 Å². The summed E-state index contributed by atoms with van der Waals surface area (Å²) in [6.07, 6.45) is 6.63. The lowest BCUT2D eigenvalue weighted by atomic mass is 9.98. The number of aryl methyl sites for hydroxylation is 2. The first-order chi connectivity index (χ1) is 15.7. The van der Waals surface area contributed by atoms with Gasteiger partial charge in [-0.15, -0.1) is 0 Å². The highest BCUT2D eigenvalue weighted by atomic mass is 16.3. The summed E-state index contributed by atoms with van der Waals surface area (Å²) in [7, 11) is 0. The Kier molecular flexibility index (Phi) is 5.24. The summed E-state index contributed by atoms with van der Waals surface area (Å²) < 4.78 is 3.78. The summed E-state index contributed by atoms with van der Waals surface area (Å²) in [6.45, 7) is 2.92. The number of carbonyl (C=O) groups excluding carboxylic acids is 1. The number of hydrogen-bond acceptors (Lipinski definition) is 6. The number of nitrogens with one attached hydrogen (secondary N) is 1. The van der Waals surface area contributed by atoms with Gasteiger partial charge in [-0.1, -0.05) is 6.07 Å². The van der Waals surface area contributed by atoms with Gasteiger partial charge in [0.1, 0.15) is 12.0 Å². The standard InChI is InChI=1S/C23H23N7O2/c1-15-4-2-5-17(27-15)23-22(19-6-3-12-29(19)28-23)16-7-9-20-25-14-26-30(20)18(16)8-10-21(32)24-11-13-31/h2,4-5,7-10,14,31H,3,6,11-13H2,1H3,(H,24,32)/b10-8+. The number of pyridine rings is 2. The first-order valence-corrected chi connectivity index (χ1v) is 10.6. The van der Waals surface area contributed by atoms with Crippen LogP contribution in [0.25, 0.3) is 34.2 Å². The molecule has 0 unspecified atom stereocenters. The van der Waals surface area contributed by atoms with Crippen LogP contribution in [0.1, 0.15) is 23.5 Å². The first-order valence-electron chi connectivity index (χ1n) is 10.6. The van der Waals surface area contributed by atoms with E-state index in [2.05, 4.69) is 20.1 Å². The van der Waals surface area contributed by atoms with Gasteiger partial charge in [-0.3, -0.25) is 14.5 Å². The average Bonchev–Trinajstić information content (AvgIpc) is 3.51. The topological polar surface area (TPSA) is 110 Å². The molecule has 1 amide bonds. The van der Waals surface area contributed by atoms with Crippen molar-refractivity contribution in [2.24, 2.45) is 0 Å². The summed E-state index contributed by atoms with van der Waals surface area (Å²) in [6, 6.07) is 9.84. The average molecular weight is 429 g/mol. The maximum atomic E-state index is 12.2. The highest BCUT2D eigenvalue weighted by Crippen LogP contribution is 2.39. The Balaban J connectivity index is 1.70. The lowest BCUT2D eigenvalue weighted by Gasteiger charge is -2.11. The molecular weight excluding hydrogens is 406 g/mol. The van der Waals surface area contributed by atoms with Crippen LogP contribution < -0.4 is 5.32 Å². The molecule has 2 N–H and O–H groups in total. The molecule has 0 saturated carbocycles. The molecule has 0 fully saturated rings. The van der Waals surface area contributed by atoms with Crippen molar-refractivity contribution in [2.75, 3.05) is 13.2 Å². The number of fused-ring (bicyclic) bond motifs is 2. The predicted molar refractivity (Wildman–Crippen MR) is 120 cm³/mol. The number of carbonyl (C=O) groups is 1. The fourth-order valence-corrected chi connectivity index (χ4v) is 4.14. The van der Waals surface area contributed by atoms with Crippen LogP contribution in [0.15, 0.2) is 42.7 Å². The van der Waals surface area contributed by atoms with E-state index in [1.54, 1.807) is 10.6 Å². The number of aliphatic hydroxyl groups excluding tert-OH is 1. The van der Waals surface area contributed by atoms with Gasteiger partial charge in [-0.25, -0.2) is 9.50 Å². The lowest BCUT2D eigenvalue weighted by molar-refractivity contribution is -0.116. The largest absolute Gasteiger partial charge is 0.395 e. The Morgan fingerprint density at radius 2 is 2.19 bits per heavy atom. The second-order valence-electron chi connectivity index (χ2n) is 7.67. The molecule has 5 rings (SSSR count). The van der Waals surface area contributed by atoms with Crippen LogP contribution in [-0.2, 0) is 17.8 Å². The number of rotatable bonds is 6. The van der Waals surface area contributed by atoms with Gasteiger partial charge < -0.3 is 10.4 Å². The van der Waals surface area contributed by atoms with Crippen molar-refractivity contribution in [3.8, 4) is 22.5 Å². The van der Waals surface area contributed by atoms with E-state index >= 15 is 0 Å². The third-order valence-corrected chi connectivity index (χ3v) is 5.52. The van der Waals surface area contributed by atoms with E-state index in [0.29, 0.717) is 5.65 Å². The van der Waals surface area contributed by atoms with Crippen LogP contribution in [-0.4, -0.2) is 53.5 Å². The van der Waals surface area contributed by atoms with Crippen LogP contribution in [0.4, 0.5) is 0 Å². The molecule has 0 radical (unpaired) electrons. The number of nitrogens with zero attached hydrogens (tertiary/aromatic N) is 6. The number of hydrogen-bond donors (Lipinski definition) is 2. The molecule has 4 aromatic heterocycles. The minimum atomic E-state index is -0.289. The third kappa shape index (κ3) is 3.56. The Labute approximate surface area is 184 Å². The third-order valence-electron chi connectivity index (χ3n) is 5.52. The molecule has 9 heteroatoms. The van der Waals surface area contributed by atoms with Crippen LogP contribution in [0.5, 0.6) is 0 Å². The molecule has 1 aliphatic rings. The summed E-state index contributed by atoms with van der Waals surface area (Å²) >= 11 is 0. The van der Waals surface area contributed by atoms with Gasteiger partial charge in [0.05, 0.1) is 18.0 Å². The van der Waals surface area contributed by atoms with Crippen molar-refractivity contribution in [1.82, 2.24) is 34.7 Å². The Bertz CT molecular complexity index is 1340. The fraction of sp³-hybridized carbons (Fsp3) is 0.261. The molecule has 4 aromatic rings. The van der Waals surface area contributed by atoms with Gasteiger partial charge in [-0.05, 0) is 50.1 Å². The molecule has 162 valence electrons. The van der Waals surface area contributed by atoms with Gasteiger partial charge in [0, 0.05) is 41.7 Å². The van der Waals surface area contributed by atoms with Crippen LogP contribution in [0, 0.1) is 6.92 Å². The predicted octanol–water partition coefficient (Wildman–Crippen LogP) is 2.03. The highest BCUT2D eigenvalue weighted by molar-refractivity contribution is 5.94. The van der Waals surface area contributed by atoms with E-state index in [1.807, 2.05) is 37.3 Å². The Morgan fingerprint density at radius 3 is 3.03 bits per heavy atom. The van der Waals surface area contributed by atoms with E-state index < -0.39 is 0 Å². The Hall–Kier alpha value is -3.85. The minimum Gasteiger partial charge on any atom is -0.395 e. The van der Waals surface area contributed by atoms with E-state index in [9.17, 15) is 4.79 Å². The number of aromatic nitrogens is 6. The normalized spacial score (nSPS) is 13.2. The number of amides is 1. The molecule has 5 heterocycles. The van der Waals surface area contributed by atoms with Crippen molar-refractivity contribution in [3.63, 3.8) is 0 Å². The van der Waals surface area contributed by atoms with Crippen LogP contribution >= 0.6 is 0 Å². The molecule has 1 aliphatic heterocycles. The van der Waals surface area contributed by atoms with Gasteiger partial charge in [0.2, 0.25) is 5.91 Å². The van der Waals surface area contributed by atoms with Crippen molar-refractivity contribution < 1.29 is 9.90 Å². The summed E-state index contributed by atoms with van der Waals surface area (Å²) in [5.74, 6) is -0.289. The highest BCUT2D eigenvalue weighted by Gasteiger charge is 2.26. The number of aliphatic hydroxyl groups is 1. The second kappa shape index (κ2) is 8.35. The maximum absolute atomic E-state index is 12.2. The molecule has 32 heavy (non-hydrogen) atoms. The van der Waals surface area contributed by atoms with Gasteiger partial charge in [0.15, 0.2) is 5.65 Å². The van der Waals surface area contributed by atoms with Crippen LogP contribution in [0.3, 0.4) is 0 Å². The van der Waals surface area contributed by atoms with E-state index in [-0.39, 0.29) is 19.1 Å². The fourth-order valence-electron chi connectivity index (χ4n) is 4.14. The van der Waals surface area contributed by atoms with Gasteiger partial charge in [0.25, 0.3) is 0 Å². The SMILES string of the molecule is Cc1cccc(-c2nn3c(c2-c2ccc4ncnn4c2/C=C/C(=O)NCCO)CCC3)n1. The zero-order chi connectivity index (χ0) is 22.1. The Morgan fingerprint density at radius 1 is 1.28 bits per heavy atom. The maximum Gasteiger partial charge on any atom is 0.244 e. The quantitative estimate of drug-likeness (QED) is 0.454. The minimum absolute atomic E-state index is 0.112. The molecule has 0 saturated heterocycles. The van der Waals surface area contributed by atoms with Crippen molar-refractivity contribution in [2.45, 2.75) is 26.3 Å². The van der Waals surface area contributed by atoms with E-state index in [0.717, 1.165) is 59.0 Å². The second-order valence-corrected chi connectivity index (χ2v) is 7.67. The molecule has 0 atom stereocenters. The van der Waals surface area contributed by atoms with Crippen molar-refractivity contribution in [3.05, 3.63) is 59.8 Å². The lowest BCUT2D eigenvalue weighted by Crippen LogP contribution is -2.24. The summed E-state index contributed by atoms with van der Waals surface area (Å²) in [5, 5.41) is 20.9. The monoisotopic (exact) mass is 429 g/mol. The van der Waals surface area contributed by atoms with Crippen molar-refractivity contribution in [1.29, 1.82) is 0 Å².